The van der Waals surface area contributed by atoms with E-state index >= 15 is 0 Å². The van der Waals surface area contributed by atoms with Crippen LogP contribution in [0, 0.1) is 12.3 Å². The molecule has 0 radical (unpaired) electrons. The van der Waals surface area contributed by atoms with Gasteiger partial charge in [0, 0.05) is 11.3 Å². The van der Waals surface area contributed by atoms with Crippen molar-refractivity contribution >= 4 is 33.4 Å². The maximum absolute atomic E-state index is 12.1. The van der Waals surface area contributed by atoms with Crippen molar-refractivity contribution in [2.45, 2.75) is 44.0 Å². The summed E-state index contributed by atoms with van der Waals surface area (Å²) in [4.78, 5) is 12.1. The van der Waals surface area contributed by atoms with Gasteiger partial charge in [0.05, 0.1) is 11.9 Å². The zero-order valence-electron chi connectivity index (χ0n) is 11.4. The van der Waals surface area contributed by atoms with E-state index in [1.54, 1.807) is 6.20 Å². The Labute approximate surface area is 131 Å². The van der Waals surface area contributed by atoms with E-state index in [4.69, 9.17) is 6.42 Å². The molecule has 2 rings (SSSR count). The lowest BCUT2D eigenvalue weighted by Crippen LogP contribution is -2.29. The summed E-state index contributed by atoms with van der Waals surface area (Å²) < 4.78 is 1.79. The summed E-state index contributed by atoms with van der Waals surface area (Å²) in [5.74, 6) is 3.54. The maximum atomic E-state index is 12.1. The number of hydrogen-bond acceptors (Lipinski definition) is 4. The number of thioether (sulfide) groups is 1. The first-order chi connectivity index (χ1) is 9.67. The van der Waals surface area contributed by atoms with Gasteiger partial charge in [-0.25, -0.2) is 4.68 Å². The fourth-order valence-corrected chi connectivity index (χ4v) is 4.09. The molecule has 2 atom stereocenters. The molecule has 2 unspecified atom stereocenters. The van der Waals surface area contributed by atoms with Crippen LogP contribution in [0.5, 0.6) is 0 Å². The zero-order valence-corrected chi connectivity index (χ0v) is 13.8. The van der Waals surface area contributed by atoms with Crippen molar-refractivity contribution in [3.05, 3.63) is 21.0 Å². The standard InChI is InChI=1S/C14H18BrN3OS/c1-3-8-18-14(19)13(15)11(9-16-18)17-10-6-5-7-12(10)20-4-2/h1,9-10,12,17H,4-8H2,2H3. The average Bonchev–Trinajstić information content (AvgIpc) is 2.86. The molecule has 1 N–H and O–H groups in total. The van der Waals surface area contributed by atoms with Crippen molar-refractivity contribution in [1.29, 1.82) is 0 Å². The number of aromatic nitrogens is 2. The third kappa shape index (κ3) is 3.39. The first-order valence-electron chi connectivity index (χ1n) is 6.74. The lowest BCUT2D eigenvalue weighted by Gasteiger charge is -2.21. The van der Waals surface area contributed by atoms with Crippen LogP contribution in [-0.2, 0) is 6.54 Å². The van der Waals surface area contributed by atoms with E-state index in [0.717, 1.165) is 17.9 Å². The highest BCUT2D eigenvalue weighted by Gasteiger charge is 2.27. The molecule has 1 aliphatic carbocycles. The summed E-state index contributed by atoms with van der Waals surface area (Å²) in [7, 11) is 0. The van der Waals surface area contributed by atoms with Gasteiger partial charge in [0.2, 0.25) is 0 Å². The molecule has 0 saturated heterocycles. The number of nitrogens with one attached hydrogen (secondary N) is 1. The zero-order chi connectivity index (χ0) is 14.5. The third-order valence-electron chi connectivity index (χ3n) is 3.40. The molecular formula is C14H18BrN3OS. The fraction of sp³-hybridized carbons (Fsp3) is 0.571. The summed E-state index contributed by atoms with van der Waals surface area (Å²) >= 11 is 5.34. The molecule has 0 aliphatic heterocycles. The molecular weight excluding hydrogens is 338 g/mol. The molecule has 0 aromatic carbocycles. The van der Waals surface area contributed by atoms with Gasteiger partial charge in [-0.3, -0.25) is 4.79 Å². The Morgan fingerprint density at radius 1 is 1.65 bits per heavy atom. The van der Waals surface area contributed by atoms with Crippen LogP contribution in [0.25, 0.3) is 0 Å². The van der Waals surface area contributed by atoms with Crippen LogP contribution in [0.15, 0.2) is 15.5 Å². The van der Waals surface area contributed by atoms with Gasteiger partial charge in [-0.2, -0.15) is 16.9 Å². The number of hydrogen-bond donors (Lipinski definition) is 1. The topological polar surface area (TPSA) is 46.9 Å². The molecule has 1 fully saturated rings. The largest absolute Gasteiger partial charge is 0.379 e. The van der Waals surface area contributed by atoms with Gasteiger partial charge in [-0.1, -0.05) is 19.3 Å². The van der Waals surface area contributed by atoms with Crippen LogP contribution in [0.2, 0.25) is 0 Å². The van der Waals surface area contributed by atoms with Crippen LogP contribution in [0.4, 0.5) is 5.69 Å². The van der Waals surface area contributed by atoms with Crippen LogP contribution in [0.1, 0.15) is 26.2 Å². The molecule has 6 heteroatoms. The van der Waals surface area contributed by atoms with Crippen LogP contribution < -0.4 is 10.9 Å². The summed E-state index contributed by atoms with van der Waals surface area (Å²) in [5.41, 5.74) is 0.572. The Kier molecular flexibility index (Phi) is 5.55. The lowest BCUT2D eigenvalue weighted by atomic mass is 10.2. The number of terminal acetylenes is 1. The first-order valence-corrected chi connectivity index (χ1v) is 8.58. The highest BCUT2D eigenvalue weighted by Crippen LogP contribution is 2.32. The van der Waals surface area contributed by atoms with E-state index in [0.29, 0.717) is 15.8 Å². The van der Waals surface area contributed by atoms with Gasteiger partial charge in [0.15, 0.2) is 0 Å². The molecule has 0 bridgehead atoms. The lowest BCUT2D eigenvalue weighted by molar-refractivity contribution is 0.656. The Morgan fingerprint density at radius 3 is 3.15 bits per heavy atom. The number of nitrogens with zero attached hydrogens (tertiary/aromatic N) is 2. The van der Waals surface area contributed by atoms with Gasteiger partial charge in [-0.15, -0.1) is 6.42 Å². The molecule has 20 heavy (non-hydrogen) atoms. The second-order valence-electron chi connectivity index (χ2n) is 4.71. The predicted octanol–water partition coefficient (Wildman–Crippen LogP) is 2.73. The summed E-state index contributed by atoms with van der Waals surface area (Å²) in [6.45, 7) is 2.37. The molecule has 1 aromatic rings. The normalized spacial score (nSPS) is 21.6. The van der Waals surface area contributed by atoms with Crippen LogP contribution >= 0.6 is 27.7 Å². The summed E-state index contributed by atoms with van der Waals surface area (Å²) in [6, 6.07) is 0.404. The van der Waals surface area contributed by atoms with Crippen LogP contribution in [0.3, 0.4) is 0 Å². The van der Waals surface area contributed by atoms with Gasteiger partial charge in [-0.05, 0) is 34.5 Å². The summed E-state index contributed by atoms with van der Waals surface area (Å²) in [6.07, 6.45) is 10.5. The average molecular weight is 356 g/mol. The highest BCUT2D eigenvalue weighted by atomic mass is 79.9. The van der Waals surface area contributed by atoms with Crippen molar-refractivity contribution < 1.29 is 0 Å². The minimum Gasteiger partial charge on any atom is -0.379 e. The molecule has 0 amide bonds. The van der Waals surface area contributed by atoms with Crippen molar-refractivity contribution in [3.63, 3.8) is 0 Å². The SMILES string of the molecule is C#CCn1ncc(NC2CCCC2SCC)c(Br)c1=O. The number of anilines is 1. The van der Waals surface area contributed by atoms with Gasteiger partial charge in [0.25, 0.3) is 5.56 Å². The number of halogens is 1. The van der Waals surface area contributed by atoms with E-state index in [9.17, 15) is 4.79 Å². The molecule has 0 spiro atoms. The van der Waals surface area contributed by atoms with Crippen molar-refractivity contribution in [3.8, 4) is 12.3 Å². The van der Waals surface area contributed by atoms with Crippen molar-refractivity contribution in [2.75, 3.05) is 11.1 Å². The Balaban J connectivity index is 2.16. The summed E-state index contributed by atoms with van der Waals surface area (Å²) in [5, 5.41) is 8.17. The second kappa shape index (κ2) is 7.19. The van der Waals surface area contributed by atoms with Gasteiger partial charge in [0.1, 0.15) is 11.0 Å². The minimum absolute atomic E-state index is 0.189. The highest BCUT2D eigenvalue weighted by molar-refractivity contribution is 9.10. The molecule has 1 aliphatic rings. The number of rotatable bonds is 5. The van der Waals surface area contributed by atoms with Crippen LogP contribution in [-0.4, -0.2) is 26.8 Å². The Hall–Kier alpha value is -0.930. The van der Waals surface area contributed by atoms with E-state index in [2.05, 4.69) is 39.2 Å². The predicted molar refractivity (Wildman–Crippen MR) is 88.2 cm³/mol. The van der Waals surface area contributed by atoms with Crippen molar-refractivity contribution in [2.24, 2.45) is 0 Å². The molecule has 1 saturated carbocycles. The van der Waals surface area contributed by atoms with Crippen molar-refractivity contribution in [1.82, 2.24) is 9.78 Å². The maximum Gasteiger partial charge on any atom is 0.284 e. The molecule has 4 nitrogen and oxygen atoms in total. The van der Waals surface area contributed by atoms with E-state index < -0.39 is 0 Å². The third-order valence-corrected chi connectivity index (χ3v) is 5.49. The monoisotopic (exact) mass is 355 g/mol. The second-order valence-corrected chi connectivity index (χ2v) is 7.02. The van der Waals surface area contributed by atoms with Gasteiger partial charge >= 0.3 is 0 Å². The first kappa shape index (κ1) is 15.5. The van der Waals surface area contributed by atoms with E-state index in [-0.39, 0.29) is 12.1 Å². The molecule has 1 aromatic heterocycles. The van der Waals surface area contributed by atoms with E-state index in [1.807, 2.05) is 11.8 Å². The Bertz CT molecular complexity index is 567. The van der Waals surface area contributed by atoms with Gasteiger partial charge < -0.3 is 5.32 Å². The Morgan fingerprint density at radius 2 is 2.45 bits per heavy atom. The molecule has 108 valence electrons. The quantitative estimate of drug-likeness (QED) is 0.825. The minimum atomic E-state index is -0.189. The fourth-order valence-electron chi connectivity index (χ4n) is 2.47. The smallest absolute Gasteiger partial charge is 0.284 e. The van der Waals surface area contributed by atoms with E-state index in [1.165, 1.54) is 17.5 Å². The molecule has 1 heterocycles.